The van der Waals surface area contributed by atoms with Gasteiger partial charge in [0.25, 0.3) is 5.91 Å². The molecule has 0 radical (unpaired) electrons. The summed E-state index contributed by atoms with van der Waals surface area (Å²) in [7, 11) is 0. The Bertz CT molecular complexity index is 668. The van der Waals surface area contributed by atoms with Gasteiger partial charge in [-0.1, -0.05) is 24.3 Å². The molecule has 2 rings (SSSR count). The highest BCUT2D eigenvalue weighted by Gasteiger charge is 2.10. The number of nitrogens with zero attached hydrogens (tertiary/aromatic N) is 1. The van der Waals surface area contributed by atoms with Gasteiger partial charge < -0.3 is 5.11 Å². The average Bonchev–Trinajstić information content (AvgIpc) is 2.45. The second kappa shape index (κ2) is 5.97. The molecule has 2 N–H and O–H groups in total. The number of hydrogen-bond donors (Lipinski definition) is 2. The molecule has 0 unspecified atom stereocenters. The highest BCUT2D eigenvalue weighted by Crippen LogP contribution is 2.16. The molecule has 5 heteroatoms. The molecule has 0 bridgehead atoms. The summed E-state index contributed by atoms with van der Waals surface area (Å²) in [5.74, 6) is -1.19. The lowest BCUT2D eigenvalue weighted by molar-refractivity contribution is 0.0951. The maximum absolute atomic E-state index is 13.4. The van der Waals surface area contributed by atoms with Crippen LogP contribution in [-0.4, -0.2) is 16.7 Å². The molecule has 0 aromatic heterocycles. The average molecular weight is 272 g/mol. The predicted molar refractivity (Wildman–Crippen MR) is 74.2 cm³/mol. The number of carbonyl (C=O) groups excluding carboxylic acids is 1. The van der Waals surface area contributed by atoms with Crippen molar-refractivity contribution >= 4 is 11.6 Å². The zero-order valence-electron chi connectivity index (χ0n) is 10.8. The largest absolute Gasteiger partial charge is 0.507 e. The highest BCUT2D eigenvalue weighted by atomic mass is 19.1. The molecule has 0 spiro atoms. The van der Waals surface area contributed by atoms with Gasteiger partial charge in [0.15, 0.2) is 0 Å². The van der Waals surface area contributed by atoms with E-state index >= 15 is 0 Å². The number of aromatic hydroxyl groups is 1. The first-order valence-corrected chi connectivity index (χ1v) is 5.97. The maximum atomic E-state index is 13.4. The number of halogens is 1. The predicted octanol–water partition coefficient (Wildman–Crippen LogP) is 2.69. The molecule has 4 nitrogen and oxygen atoms in total. The Morgan fingerprint density at radius 1 is 1.10 bits per heavy atom. The summed E-state index contributed by atoms with van der Waals surface area (Å²) in [5, 5.41) is 13.5. The van der Waals surface area contributed by atoms with Crippen molar-refractivity contribution in [2.24, 2.45) is 5.10 Å². The fourth-order valence-corrected chi connectivity index (χ4v) is 1.68. The van der Waals surface area contributed by atoms with Crippen molar-refractivity contribution in [2.45, 2.75) is 6.92 Å². The van der Waals surface area contributed by atoms with Gasteiger partial charge in [-0.3, -0.25) is 4.79 Å². The Kier molecular flexibility index (Phi) is 4.10. The molecule has 0 aliphatic heterocycles. The first-order valence-electron chi connectivity index (χ1n) is 5.97. The molecule has 0 aliphatic carbocycles. The monoisotopic (exact) mass is 272 g/mol. The second-order valence-electron chi connectivity index (χ2n) is 4.14. The number of benzene rings is 2. The van der Waals surface area contributed by atoms with Gasteiger partial charge in [-0.25, -0.2) is 9.82 Å². The second-order valence-corrected chi connectivity index (χ2v) is 4.14. The Balaban J connectivity index is 2.16. The van der Waals surface area contributed by atoms with Crippen molar-refractivity contribution < 1.29 is 14.3 Å². The van der Waals surface area contributed by atoms with Crippen molar-refractivity contribution in [3.63, 3.8) is 0 Å². The molecule has 102 valence electrons. The number of hydrogen-bond acceptors (Lipinski definition) is 3. The number of para-hydroxylation sites is 1. The van der Waals surface area contributed by atoms with E-state index in [4.69, 9.17) is 0 Å². The first-order chi connectivity index (χ1) is 9.59. The van der Waals surface area contributed by atoms with Gasteiger partial charge in [0.1, 0.15) is 11.6 Å². The minimum absolute atomic E-state index is 0.0638. The number of hydrazone groups is 1. The lowest BCUT2D eigenvalue weighted by Gasteiger charge is -2.05. The van der Waals surface area contributed by atoms with E-state index in [0.29, 0.717) is 11.3 Å². The zero-order chi connectivity index (χ0) is 14.5. The minimum atomic E-state index is -0.641. The first kappa shape index (κ1) is 13.7. The molecule has 20 heavy (non-hydrogen) atoms. The molecular weight excluding hydrogens is 259 g/mol. The van der Waals surface area contributed by atoms with E-state index in [1.54, 1.807) is 31.2 Å². The smallest absolute Gasteiger partial charge is 0.274 e. The SMILES string of the molecule is CC(=NNC(=O)c1ccccc1F)c1ccccc1O. The number of carbonyl (C=O) groups is 1. The van der Waals surface area contributed by atoms with Gasteiger partial charge >= 0.3 is 0 Å². The van der Waals surface area contributed by atoms with Crippen LogP contribution in [0.5, 0.6) is 5.75 Å². The summed E-state index contributed by atoms with van der Waals surface area (Å²) in [6.45, 7) is 1.64. The fourth-order valence-electron chi connectivity index (χ4n) is 1.68. The van der Waals surface area contributed by atoms with E-state index in [1.807, 2.05) is 0 Å². The summed E-state index contributed by atoms with van der Waals surface area (Å²) in [6.07, 6.45) is 0. The van der Waals surface area contributed by atoms with E-state index in [0.717, 1.165) is 0 Å². The molecule has 1 amide bonds. The lowest BCUT2D eigenvalue weighted by atomic mass is 10.1. The van der Waals surface area contributed by atoms with E-state index < -0.39 is 11.7 Å². The highest BCUT2D eigenvalue weighted by molar-refractivity contribution is 6.02. The van der Waals surface area contributed by atoms with Crippen LogP contribution in [-0.2, 0) is 0 Å². The summed E-state index contributed by atoms with van der Waals surface area (Å²) in [5.41, 5.74) is 3.11. The fraction of sp³-hybridized carbons (Fsp3) is 0.0667. The third-order valence-corrected chi connectivity index (χ3v) is 2.74. The zero-order valence-corrected chi connectivity index (χ0v) is 10.8. The van der Waals surface area contributed by atoms with E-state index in [2.05, 4.69) is 10.5 Å². The van der Waals surface area contributed by atoms with Gasteiger partial charge in [0, 0.05) is 5.56 Å². The van der Waals surface area contributed by atoms with Gasteiger partial charge in [-0.2, -0.15) is 5.10 Å². The van der Waals surface area contributed by atoms with Crippen LogP contribution in [0.3, 0.4) is 0 Å². The van der Waals surface area contributed by atoms with Crippen LogP contribution in [0.15, 0.2) is 53.6 Å². The minimum Gasteiger partial charge on any atom is -0.507 e. The third-order valence-electron chi connectivity index (χ3n) is 2.74. The topological polar surface area (TPSA) is 61.7 Å². The molecule has 0 aliphatic rings. The van der Waals surface area contributed by atoms with Crippen LogP contribution in [0.1, 0.15) is 22.8 Å². The van der Waals surface area contributed by atoms with E-state index in [-0.39, 0.29) is 11.3 Å². The molecule has 0 saturated carbocycles. The maximum Gasteiger partial charge on any atom is 0.274 e. The van der Waals surface area contributed by atoms with Crippen LogP contribution in [0, 0.1) is 5.82 Å². The van der Waals surface area contributed by atoms with Gasteiger partial charge in [0.05, 0.1) is 11.3 Å². The Labute approximate surface area is 115 Å². The van der Waals surface area contributed by atoms with Gasteiger partial charge in [-0.05, 0) is 31.2 Å². The quantitative estimate of drug-likeness (QED) is 0.666. The van der Waals surface area contributed by atoms with Gasteiger partial charge in [-0.15, -0.1) is 0 Å². The molecule has 0 saturated heterocycles. The Hall–Kier alpha value is -2.69. The number of nitrogens with one attached hydrogen (secondary N) is 1. The van der Waals surface area contributed by atoms with E-state index in [9.17, 15) is 14.3 Å². The Morgan fingerprint density at radius 2 is 1.70 bits per heavy atom. The third kappa shape index (κ3) is 3.00. The van der Waals surface area contributed by atoms with Crippen LogP contribution < -0.4 is 5.43 Å². The number of amides is 1. The molecule has 2 aromatic carbocycles. The van der Waals surface area contributed by atoms with E-state index in [1.165, 1.54) is 24.3 Å². The Morgan fingerprint density at radius 3 is 2.35 bits per heavy atom. The summed E-state index contributed by atoms with van der Waals surface area (Å²) >= 11 is 0. The lowest BCUT2D eigenvalue weighted by Crippen LogP contribution is -2.20. The van der Waals surface area contributed by atoms with Crippen molar-refractivity contribution in [2.75, 3.05) is 0 Å². The molecule has 2 aromatic rings. The van der Waals surface area contributed by atoms with Crippen molar-refractivity contribution in [3.05, 3.63) is 65.5 Å². The number of phenols is 1. The van der Waals surface area contributed by atoms with Crippen molar-refractivity contribution in [1.82, 2.24) is 5.43 Å². The number of phenolic OH excluding ortho intramolecular Hbond substituents is 1. The summed E-state index contributed by atoms with van der Waals surface area (Å²) in [6, 6.07) is 12.3. The molecule has 0 atom stereocenters. The standard InChI is InChI=1S/C15H13FN2O2/c1-10(11-6-3-5-9-14(11)19)17-18-15(20)12-7-2-4-8-13(12)16/h2-9,19H,1H3,(H,18,20). The van der Waals surface area contributed by atoms with Crippen LogP contribution in [0.25, 0.3) is 0 Å². The molecular formula is C15H13FN2O2. The van der Waals surface area contributed by atoms with Gasteiger partial charge in [0.2, 0.25) is 0 Å². The summed E-state index contributed by atoms with van der Waals surface area (Å²) in [4.78, 5) is 11.8. The molecule has 0 fully saturated rings. The normalized spacial score (nSPS) is 11.2. The van der Waals surface area contributed by atoms with Crippen LogP contribution in [0.4, 0.5) is 4.39 Å². The molecule has 0 heterocycles. The van der Waals surface area contributed by atoms with Crippen molar-refractivity contribution in [3.8, 4) is 5.75 Å². The van der Waals surface area contributed by atoms with Crippen LogP contribution >= 0.6 is 0 Å². The van der Waals surface area contributed by atoms with Crippen molar-refractivity contribution in [1.29, 1.82) is 0 Å². The summed E-state index contributed by atoms with van der Waals surface area (Å²) < 4.78 is 13.4. The number of rotatable bonds is 3. The van der Waals surface area contributed by atoms with Crippen LogP contribution in [0.2, 0.25) is 0 Å².